The quantitative estimate of drug-likeness (QED) is 0.914. The van der Waals surface area contributed by atoms with Gasteiger partial charge in [0.05, 0.1) is 6.04 Å². The second-order valence-electron chi connectivity index (χ2n) is 6.02. The molecule has 0 spiro atoms. The van der Waals surface area contributed by atoms with Crippen LogP contribution in [0.5, 0.6) is 0 Å². The van der Waals surface area contributed by atoms with E-state index < -0.39 is 0 Å². The fourth-order valence-corrected chi connectivity index (χ4v) is 3.11. The number of nitrogens with zero attached hydrogens (tertiary/aromatic N) is 1. The molecule has 0 saturated carbocycles. The molecule has 0 radical (unpaired) electrons. The molecule has 0 bridgehead atoms. The van der Waals surface area contributed by atoms with Crippen LogP contribution in [0.2, 0.25) is 0 Å². The van der Waals surface area contributed by atoms with Crippen LogP contribution in [0.15, 0.2) is 29.3 Å². The monoisotopic (exact) mass is 272 g/mol. The van der Waals surface area contributed by atoms with Crippen molar-refractivity contribution >= 4 is 5.90 Å². The van der Waals surface area contributed by atoms with E-state index in [2.05, 4.69) is 36.5 Å². The first-order valence-corrected chi connectivity index (χ1v) is 7.76. The largest absolute Gasteiger partial charge is 0.479 e. The van der Waals surface area contributed by atoms with Crippen LogP contribution in [0, 0.1) is 12.8 Å². The molecule has 1 N–H and O–H groups in total. The summed E-state index contributed by atoms with van der Waals surface area (Å²) in [6.07, 6.45) is 4.55. The van der Waals surface area contributed by atoms with Gasteiger partial charge in [0, 0.05) is 6.42 Å². The second-order valence-corrected chi connectivity index (χ2v) is 6.02. The molecule has 0 amide bonds. The Hall–Kier alpha value is -1.35. The third-order valence-corrected chi connectivity index (χ3v) is 4.41. The van der Waals surface area contributed by atoms with Gasteiger partial charge in [0.1, 0.15) is 6.61 Å². The fraction of sp³-hybridized carbons (Fsp3) is 0.588. The summed E-state index contributed by atoms with van der Waals surface area (Å²) < 4.78 is 5.81. The van der Waals surface area contributed by atoms with Gasteiger partial charge in [-0.05, 0) is 56.3 Å². The zero-order valence-electron chi connectivity index (χ0n) is 12.3. The lowest BCUT2D eigenvalue weighted by molar-refractivity contribution is 0.292. The van der Waals surface area contributed by atoms with Crippen molar-refractivity contribution in [2.75, 3.05) is 19.7 Å². The topological polar surface area (TPSA) is 33.6 Å². The van der Waals surface area contributed by atoms with Crippen LogP contribution < -0.4 is 5.32 Å². The molecule has 1 atom stereocenters. The van der Waals surface area contributed by atoms with Gasteiger partial charge < -0.3 is 10.1 Å². The maximum Gasteiger partial charge on any atom is 0.183 e. The van der Waals surface area contributed by atoms with E-state index >= 15 is 0 Å². The van der Waals surface area contributed by atoms with Crippen molar-refractivity contribution in [3.8, 4) is 0 Å². The van der Waals surface area contributed by atoms with E-state index in [-0.39, 0.29) is 0 Å². The Labute approximate surface area is 121 Å². The molecule has 2 aliphatic heterocycles. The molecule has 1 saturated heterocycles. The first-order valence-electron chi connectivity index (χ1n) is 7.76. The maximum absolute atomic E-state index is 5.81. The highest BCUT2D eigenvalue weighted by Crippen LogP contribution is 2.21. The van der Waals surface area contributed by atoms with Crippen LogP contribution in [-0.2, 0) is 11.2 Å². The lowest BCUT2D eigenvalue weighted by Crippen LogP contribution is -2.28. The van der Waals surface area contributed by atoms with Crippen molar-refractivity contribution in [2.45, 2.75) is 38.6 Å². The molecular weight excluding hydrogens is 248 g/mol. The summed E-state index contributed by atoms with van der Waals surface area (Å²) in [4.78, 5) is 4.79. The summed E-state index contributed by atoms with van der Waals surface area (Å²) in [5.74, 6) is 1.75. The van der Waals surface area contributed by atoms with Crippen LogP contribution in [-0.4, -0.2) is 31.6 Å². The molecule has 0 aliphatic carbocycles. The Balaban J connectivity index is 1.56. The van der Waals surface area contributed by atoms with E-state index in [1.807, 2.05) is 0 Å². The predicted molar refractivity (Wildman–Crippen MR) is 82.3 cm³/mol. The maximum atomic E-state index is 5.81. The fourth-order valence-electron chi connectivity index (χ4n) is 3.11. The van der Waals surface area contributed by atoms with Gasteiger partial charge in [0.2, 0.25) is 0 Å². The molecule has 1 fully saturated rings. The van der Waals surface area contributed by atoms with Crippen LogP contribution in [0.3, 0.4) is 0 Å². The van der Waals surface area contributed by atoms with Gasteiger partial charge in [-0.25, -0.2) is 4.99 Å². The second kappa shape index (κ2) is 6.40. The van der Waals surface area contributed by atoms with Crippen molar-refractivity contribution in [3.05, 3.63) is 35.4 Å². The zero-order valence-corrected chi connectivity index (χ0v) is 12.3. The normalized spacial score (nSPS) is 23.4. The number of rotatable bonds is 4. The summed E-state index contributed by atoms with van der Waals surface area (Å²) in [6, 6.07) is 8.89. The molecule has 3 rings (SSSR count). The molecule has 2 aliphatic rings. The highest BCUT2D eigenvalue weighted by Gasteiger charge is 2.23. The number of piperidine rings is 1. The molecule has 0 aromatic heterocycles. The van der Waals surface area contributed by atoms with Gasteiger partial charge >= 0.3 is 0 Å². The number of nitrogens with one attached hydrogen (secondary N) is 1. The van der Waals surface area contributed by atoms with Crippen molar-refractivity contribution in [3.63, 3.8) is 0 Å². The highest BCUT2D eigenvalue weighted by molar-refractivity contribution is 5.78. The minimum absolute atomic E-state index is 0.313. The van der Waals surface area contributed by atoms with Crippen molar-refractivity contribution in [2.24, 2.45) is 10.9 Å². The molecule has 1 aromatic carbocycles. The average molecular weight is 272 g/mol. The molecular formula is C17H24N2O. The first-order chi connectivity index (χ1) is 9.81. The van der Waals surface area contributed by atoms with Crippen LogP contribution in [0.25, 0.3) is 0 Å². The average Bonchev–Trinajstić information content (AvgIpc) is 2.90. The summed E-state index contributed by atoms with van der Waals surface area (Å²) >= 11 is 0. The van der Waals surface area contributed by atoms with Gasteiger partial charge in [0.25, 0.3) is 0 Å². The lowest BCUT2D eigenvalue weighted by Gasteiger charge is -2.21. The number of benzene rings is 1. The van der Waals surface area contributed by atoms with E-state index in [1.54, 1.807) is 0 Å². The third-order valence-electron chi connectivity index (χ3n) is 4.41. The standard InChI is InChI=1S/C17H24N2O/c1-13-4-2-3-5-15(13)11-16-12-20-17(19-16)10-14-6-8-18-9-7-14/h2-5,14,16,18H,6-12H2,1H3. The predicted octanol–water partition coefficient (Wildman–Crippen LogP) is 2.72. The Morgan fingerprint density at radius 2 is 2.00 bits per heavy atom. The summed E-state index contributed by atoms with van der Waals surface area (Å²) in [6.45, 7) is 5.22. The Bertz CT molecular complexity index is 478. The number of aliphatic imine (C=N–C) groups is 1. The summed E-state index contributed by atoms with van der Waals surface area (Å²) in [5, 5.41) is 3.41. The van der Waals surface area contributed by atoms with Crippen LogP contribution in [0.1, 0.15) is 30.4 Å². The molecule has 108 valence electrons. The summed E-state index contributed by atoms with van der Waals surface area (Å²) in [5.41, 5.74) is 2.75. The number of hydrogen-bond acceptors (Lipinski definition) is 3. The lowest BCUT2D eigenvalue weighted by atomic mass is 9.95. The van der Waals surface area contributed by atoms with Gasteiger partial charge in [-0.3, -0.25) is 0 Å². The minimum atomic E-state index is 0.313. The van der Waals surface area contributed by atoms with Crippen LogP contribution >= 0.6 is 0 Å². The van der Waals surface area contributed by atoms with Gasteiger partial charge in [0.15, 0.2) is 5.90 Å². The minimum Gasteiger partial charge on any atom is -0.479 e. The van der Waals surface area contributed by atoms with Crippen molar-refractivity contribution in [1.82, 2.24) is 5.32 Å². The molecule has 2 heterocycles. The molecule has 20 heavy (non-hydrogen) atoms. The van der Waals surface area contributed by atoms with E-state index in [4.69, 9.17) is 9.73 Å². The number of hydrogen-bond donors (Lipinski definition) is 1. The molecule has 3 heteroatoms. The Morgan fingerprint density at radius 1 is 1.20 bits per heavy atom. The van der Waals surface area contributed by atoms with E-state index in [1.165, 1.54) is 24.0 Å². The first kappa shape index (κ1) is 13.6. The summed E-state index contributed by atoms with van der Waals surface area (Å²) in [7, 11) is 0. The van der Waals surface area contributed by atoms with Crippen molar-refractivity contribution in [1.29, 1.82) is 0 Å². The van der Waals surface area contributed by atoms with E-state index in [9.17, 15) is 0 Å². The SMILES string of the molecule is Cc1ccccc1CC1COC(CC2CCNCC2)=N1. The Morgan fingerprint density at radius 3 is 2.80 bits per heavy atom. The van der Waals surface area contributed by atoms with Gasteiger partial charge in [-0.2, -0.15) is 0 Å². The number of ether oxygens (including phenoxy) is 1. The smallest absolute Gasteiger partial charge is 0.183 e. The van der Waals surface area contributed by atoms with E-state index in [0.717, 1.165) is 44.4 Å². The number of aryl methyl sites for hydroxylation is 1. The third kappa shape index (κ3) is 3.40. The zero-order chi connectivity index (χ0) is 13.8. The van der Waals surface area contributed by atoms with Gasteiger partial charge in [-0.15, -0.1) is 0 Å². The van der Waals surface area contributed by atoms with Gasteiger partial charge in [-0.1, -0.05) is 24.3 Å². The van der Waals surface area contributed by atoms with Crippen molar-refractivity contribution < 1.29 is 4.74 Å². The highest BCUT2D eigenvalue weighted by atomic mass is 16.5. The Kier molecular flexibility index (Phi) is 4.36. The van der Waals surface area contributed by atoms with E-state index in [0.29, 0.717) is 6.04 Å². The van der Waals surface area contributed by atoms with Crippen LogP contribution in [0.4, 0.5) is 0 Å². The molecule has 3 nitrogen and oxygen atoms in total. The molecule has 1 aromatic rings. The molecule has 1 unspecified atom stereocenters.